The van der Waals surface area contributed by atoms with Crippen molar-refractivity contribution in [2.24, 2.45) is 0 Å². The summed E-state index contributed by atoms with van der Waals surface area (Å²) in [5.74, 6) is -2.56. The molecule has 35 heavy (non-hydrogen) atoms. The maximum absolute atomic E-state index is 12.8. The third kappa shape index (κ3) is 7.21. The highest BCUT2D eigenvalue weighted by atomic mass is 19.4. The van der Waals surface area contributed by atoms with Crippen LogP contribution in [0.1, 0.15) is 49.1 Å². The first-order valence-corrected chi connectivity index (χ1v) is 11.3. The molecule has 7 nitrogen and oxygen atoms in total. The lowest BCUT2D eigenvalue weighted by atomic mass is 9.98. The molecule has 0 fully saturated rings. The number of alkyl halides is 3. The van der Waals surface area contributed by atoms with Gasteiger partial charge in [0, 0.05) is 18.9 Å². The molecule has 188 valence electrons. The van der Waals surface area contributed by atoms with Crippen LogP contribution in [0.2, 0.25) is 0 Å². The van der Waals surface area contributed by atoms with Crippen molar-refractivity contribution in [1.29, 1.82) is 0 Å². The zero-order chi connectivity index (χ0) is 25.4. The summed E-state index contributed by atoms with van der Waals surface area (Å²) in [7, 11) is 0. The van der Waals surface area contributed by atoms with Gasteiger partial charge in [-0.15, -0.1) is 0 Å². The predicted octanol–water partition coefficient (Wildman–Crippen LogP) is 4.61. The van der Waals surface area contributed by atoms with Gasteiger partial charge in [-0.3, -0.25) is 9.59 Å². The number of ether oxygens (including phenoxy) is 1. The third-order valence-corrected chi connectivity index (χ3v) is 5.80. The number of carboxylic acid groups (broad SMARTS) is 1. The summed E-state index contributed by atoms with van der Waals surface area (Å²) >= 11 is 0. The van der Waals surface area contributed by atoms with Crippen LogP contribution >= 0.6 is 0 Å². The second-order valence-corrected chi connectivity index (χ2v) is 8.32. The van der Waals surface area contributed by atoms with E-state index in [4.69, 9.17) is 9.84 Å². The zero-order valence-corrected chi connectivity index (χ0v) is 18.9. The van der Waals surface area contributed by atoms with Crippen molar-refractivity contribution in [2.45, 2.75) is 50.2 Å². The fourth-order valence-electron chi connectivity index (χ4n) is 4.12. The Balaban J connectivity index is 1.34. The monoisotopic (exact) mass is 492 g/mol. The number of amides is 2. The lowest BCUT2D eigenvalue weighted by Crippen LogP contribution is -2.46. The van der Waals surface area contributed by atoms with Crippen LogP contribution in [0.25, 0.3) is 11.1 Å². The van der Waals surface area contributed by atoms with E-state index in [1.807, 2.05) is 48.5 Å². The van der Waals surface area contributed by atoms with Gasteiger partial charge in [-0.1, -0.05) is 55.0 Å². The number of halogens is 3. The number of benzene rings is 2. The molecule has 3 rings (SSSR count). The number of carbonyl (C=O) groups is 3. The molecule has 0 bridgehead atoms. The minimum Gasteiger partial charge on any atom is -0.481 e. The van der Waals surface area contributed by atoms with E-state index < -0.39 is 36.6 Å². The Morgan fingerprint density at radius 2 is 1.54 bits per heavy atom. The summed E-state index contributed by atoms with van der Waals surface area (Å²) < 4.78 is 43.8. The Morgan fingerprint density at radius 3 is 2.11 bits per heavy atom. The SMILES string of the molecule is O=C(O)CC(NC(=O)CCCCCNC(=O)OCC1c2ccccc2-c2ccccc21)C(F)(F)F. The van der Waals surface area contributed by atoms with Crippen molar-refractivity contribution in [2.75, 3.05) is 13.2 Å². The van der Waals surface area contributed by atoms with Crippen molar-refractivity contribution < 1.29 is 37.4 Å². The van der Waals surface area contributed by atoms with Crippen molar-refractivity contribution in [1.82, 2.24) is 10.6 Å². The Kier molecular flexibility index (Phi) is 8.73. The smallest absolute Gasteiger partial charge is 0.409 e. The van der Waals surface area contributed by atoms with Crippen molar-refractivity contribution >= 4 is 18.0 Å². The molecule has 0 heterocycles. The van der Waals surface area contributed by atoms with Crippen LogP contribution in [0.3, 0.4) is 0 Å². The molecule has 1 aliphatic carbocycles. The molecular formula is C25H27F3N2O5. The highest BCUT2D eigenvalue weighted by Gasteiger charge is 2.41. The normalized spacial score (nSPS) is 13.5. The number of nitrogens with one attached hydrogen (secondary N) is 2. The van der Waals surface area contributed by atoms with Gasteiger partial charge in [-0.2, -0.15) is 13.2 Å². The average molecular weight is 492 g/mol. The highest BCUT2D eigenvalue weighted by molar-refractivity contribution is 5.79. The Labute approximate surface area is 200 Å². The summed E-state index contributed by atoms with van der Waals surface area (Å²) in [5, 5.41) is 12.9. The van der Waals surface area contributed by atoms with Gasteiger partial charge in [-0.25, -0.2) is 4.79 Å². The molecule has 2 aromatic rings. The highest BCUT2D eigenvalue weighted by Crippen LogP contribution is 2.44. The van der Waals surface area contributed by atoms with Gasteiger partial charge in [0.05, 0.1) is 6.42 Å². The molecular weight excluding hydrogens is 465 g/mol. The van der Waals surface area contributed by atoms with Crippen LogP contribution in [0.5, 0.6) is 0 Å². The van der Waals surface area contributed by atoms with Crippen molar-refractivity contribution in [3.8, 4) is 11.1 Å². The van der Waals surface area contributed by atoms with Gasteiger partial charge < -0.3 is 20.5 Å². The van der Waals surface area contributed by atoms with Gasteiger partial charge in [0.1, 0.15) is 12.6 Å². The maximum Gasteiger partial charge on any atom is 0.409 e. The molecule has 10 heteroatoms. The van der Waals surface area contributed by atoms with Gasteiger partial charge >= 0.3 is 18.2 Å². The molecule has 2 aromatic carbocycles. The standard InChI is InChI=1S/C25H27F3N2O5/c26-25(27,28)21(14-23(32)33)30-22(31)12-2-1-7-13-29-24(34)35-15-20-18-10-5-3-8-16(18)17-9-4-6-11-19(17)20/h3-6,8-11,20-21H,1-2,7,12-15H2,(H,29,34)(H,30,31)(H,32,33). The fraction of sp³-hybridized carbons (Fsp3) is 0.400. The van der Waals surface area contributed by atoms with Crippen molar-refractivity contribution in [3.63, 3.8) is 0 Å². The predicted molar refractivity (Wildman–Crippen MR) is 122 cm³/mol. The molecule has 0 aromatic heterocycles. The molecule has 0 saturated carbocycles. The first kappa shape index (κ1) is 26.1. The lowest BCUT2D eigenvalue weighted by Gasteiger charge is -2.19. The third-order valence-electron chi connectivity index (χ3n) is 5.80. The molecule has 0 aliphatic heterocycles. The number of rotatable bonds is 11. The largest absolute Gasteiger partial charge is 0.481 e. The summed E-state index contributed by atoms with van der Waals surface area (Å²) in [4.78, 5) is 34.4. The number of unbranched alkanes of at least 4 members (excludes halogenated alkanes) is 2. The second kappa shape index (κ2) is 11.7. The van der Waals surface area contributed by atoms with Gasteiger partial charge in [0.2, 0.25) is 5.91 Å². The van der Waals surface area contributed by atoms with Crippen LogP contribution in [0, 0.1) is 0 Å². The van der Waals surface area contributed by atoms with E-state index in [2.05, 4.69) is 5.32 Å². The fourth-order valence-corrected chi connectivity index (χ4v) is 4.12. The van der Waals surface area contributed by atoms with Gasteiger partial charge in [-0.05, 0) is 35.1 Å². The number of hydrogen-bond donors (Lipinski definition) is 3. The van der Waals surface area contributed by atoms with Gasteiger partial charge in [0.15, 0.2) is 0 Å². The number of alkyl carbamates (subject to hydrolysis) is 1. The maximum atomic E-state index is 12.8. The molecule has 0 spiro atoms. The summed E-state index contributed by atoms with van der Waals surface area (Å²) in [6.45, 7) is 0.485. The van der Waals surface area contributed by atoms with E-state index in [-0.39, 0.29) is 18.9 Å². The molecule has 1 aliphatic rings. The molecule has 2 amide bonds. The summed E-state index contributed by atoms with van der Waals surface area (Å²) in [6, 6.07) is 13.6. The van der Waals surface area contributed by atoms with Crippen LogP contribution in [-0.2, 0) is 14.3 Å². The topological polar surface area (TPSA) is 105 Å². The summed E-state index contributed by atoms with van der Waals surface area (Å²) in [6.07, 6.45) is -5.48. The number of carbonyl (C=O) groups excluding carboxylic acids is 2. The first-order valence-electron chi connectivity index (χ1n) is 11.3. The van der Waals surface area contributed by atoms with E-state index >= 15 is 0 Å². The number of carboxylic acids is 1. The van der Waals surface area contributed by atoms with E-state index in [9.17, 15) is 27.6 Å². The number of fused-ring (bicyclic) bond motifs is 3. The Hall–Kier alpha value is -3.56. The number of aliphatic carboxylic acids is 1. The molecule has 3 N–H and O–H groups in total. The van der Waals surface area contributed by atoms with E-state index in [1.165, 1.54) is 0 Å². The minimum absolute atomic E-state index is 0.0479. The van der Waals surface area contributed by atoms with E-state index in [0.717, 1.165) is 22.3 Å². The quantitative estimate of drug-likeness (QED) is 0.398. The zero-order valence-electron chi connectivity index (χ0n) is 18.9. The van der Waals surface area contributed by atoms with Crippen LogP contribution in [-0.4, -0.2) is 48.4 Å². The lowest BCUT2D eigenvalue weighted by molar-refractivity contribution is -0.170. The Bertz CT molecular complexity index is 1010. The van der Waals surface area contributed by atoms with Crippen LogP contribution in [0.15, 0.2) is 48.5 Å². The summed E-state index contributed by atoms with van der Waals surface area (Å²) in [5.41, 5.74) is 4.48. The first-order chi connectivity index (χ1) is 16.7. The van der Waals surface area contributed by atoms with Gasteiger partial charge in [0.25, 0.3) is 0 Å². The molecule has 0 radical (unpaired) electrons. The molecule has 1 unspecified atom stereocenters. The van der Waals surface area contributed by atoms with E-state index in [0.29, 0.717) is 25.8 Å². The minimum atomic E-state index is -4.83. The van der Waals surface area contributed by atoms with Crippen LogP contribution in [0.4, 0.5) is 18.0 Å². The molecule has 0 saturated heterocycles. The van der Waals surface area contributed by atoms with Crippen molar-refractivity contribution in [3.05, 3.63) is 59.7 Å². The second-order valence-electron chi connectivity index (χ2n) is 8.32. The van der Waals surface area contributed by atoms with Crippen LogP contribution < -0.4 is 10.6 Å². The van der Waals surface area contributed by atoms with E-state index in [1.54, 1.807) is 5.32 Å². The molecule has 1 atom stereocenters. The Morgan fingerprint density at radius 1 is 0.943 bits per heavy atom. The average Bonchev–Trinajstić information content (AvgIpc) is 3.12. The number of hydrogen-bond acceptors (Lipinski definition) is 4.